The summed E-state index contributed by atoms with van der Waals surface area (Å²) in [5.41, 5.74) is 0.908. The van der Waals surface area contributed by atoms with E-state index < -0.39 is 10.0 Å². The highest BCUT2D eigenvalue weighted by Crippen LogP contribution is 2.25. The fourth-order valence-corrected chi connectivity index (χ4v) is 2.52. The quantitative estimate of drug-likeness (QED) is 0.797. The normalized spacial score (nSPS) is 13.4. The maximum atomic E-state index is 11.9. The molecule has 22 heavy (non-hydrogen) atoms. The minimum Gasteiger partial charge on any atom is -0.353 e. The summed E-state index contributed by atoms with van der Waals surface area (Å²) < 4.78 is 23.6. The molecule has 0 saturated carbocycles. The van der Waals surface area contributed by atoms with E-state index in [0.717, 1.165) is 16.1 Å². The number of rotatable bonds is 7. The third-order valence-electron chi connectivity index (χ3n) is 3.31. The summed E-state index contributed by atoms with van der Waals surface area (Å²) in [6.07, 6.45) is 1.06. The summed E-state index contributed by atoms with van der Waals surface area (Å²) in [5, 5.41) is 3.38. The Labute approximate surface area is 137 Å². The van der Waals surface area contributed by atoms with E-state index in [-0.39, 0.29) is 18.5 Å². The van der Waals surface area contributed by atoms with Gasteiger partial charge in [-0.25, -0.2) is 8.42 Å². The first kappa shape index (κ1) is 18.9. The van der Waals surface area contributed by atoms with Crippen LogP contribution < -0.4 is 5.32 Å². The van der Waals surface area contributed by atoms with E-state index in [1.807, 2.05) is 37.2 Å². The molecule has 0 aromatic heterocycles. The van der Waals surface area contributed by atoms with E-state index >= 15 is 0 Å². The van der Waals surface area contributed by atoms with Gasteiger partial charge in [-0.3, -0.25) is 4.79 Å². The zero-order valence-corrected chi connectivity index (χ0v) is 14.8. The molecule has 0 bridgehead atoms. The molecule has 0 radical (unpaired) electrons. The Kier molecular flexibility index (Phi) is 6.80. The van der Waals surface area contributed by atoms with Gasteiger partial charge in [0.25, 0.3) is 0 Å². The molecule has 1 N–H and O–H groups in total. The fraction of sp³-hybridized carbons (Fsp3) is 0.500. The van der Waals surface area contributed by atoms with Crippen LogP contribution in [0.25, 0.3) is 0 Å². The largest absolute Gasteiger partial charge is 0.353 e. The van der Waals surface area contributed by atoms with Gasteiger partial charge in [0.1, 0.15) is 0 Å². The average molecular weight is 348 g/mol. The van der Waals surface area contributed by atoms with Crippen LogP contribution in [-0.4, -0.2) is 64.0 Å². The third kappa shape index (κ3) is 5.57. The van der Waals surface area contributed by atoms with Crippen LogP contribution in [0, 0.1) is 0 Å². The van der Waals surface area contributed by atoms with Gasteiger partial charge >= 0.3 is 0 Å². The summed E-state index contributed by atoms with van der Waals surface area (Å²) in [7, 11) is 1.78. The predicted octanol–water partition coefficient (Wildman–Crippen LogP) is 0.950. The van der Waals surface area contributed by atoms with Gasteiger partial charge in [-0.1, -0.05) is 29.8 Å². The smallest absolute Gasteiger partial charge is 0.235 e. The molecule has 0 heterocycles. The first-order valence-corrected chi connectivity index (χ1v) is 8.94. The molecule has 1 amide bonds. The number of benzene rings is 1. The lowest BCUT2D eigenvalue weighted by Gasteiger charge is -2.26. The lowest BCUT2D eigenvalue weighted by Crippen LogP contribution is -2.41. The van der Waals surface area contributed by atoms with Gasteiger partial charge in [0.15, 0.2) is 0 Å². The summed E-state index contributed by atoms with van der Waals surface area (Å²) in [4.78, 5) is 13.8. The van der Waals surface area contributed by atoms with Crippen molar-refractivity contribution in [2.75, 3.05) is 40.5 Å². The van der Waals surface area contributed by atoms with Crippen molar-refractivity contribution in [1.29, 1.82) is 0 Å². The number of halogens is 1. The second-order valence-electron chi connectivity index (χ2n) is 5.32. The number of sulfonamides is 1. The average Bonchev–Trinajstić information content (AvgIpc) is 2.39. The summed E-state index contributed by atoms with van der Waals surface area (Å²) in [6, 6.07) is 7.34. The zero-order chi connectivity index (χ0) is 16.9. The Hall–Kier alpha value is -1.15. The number of carbonyl (C=O) groups excluding carboxylic acids is 1. The molecule has 1 aromatic carbocycles. The molecule has 0 aliphatic heterocycles. The molecule has 0 spiro atoms. The summed E-state index contributed by atoms with van der Waals surface area (Å²) in [5.74, 6) is -0.355. The van der Waals surface area contributed by atoms with E-state index in [1.165, 1.54) is 7.05 Å². The van der Waals surface area contributed by atoms with Gasteiger partial charge in [0, 0.05) is 18.6 Å². The second kappa shape index (κ2) is 7.92. The molecular formula is C14H22ClN3O3S. The van der Waals surface area contributed by atoms with Crippen molar-refractivity contribution in [2.45, 2.75) is 6.04 Å². The highest BCUT2D eigenvalue weighted by atomic mass is 35.5. The van der Waals surface area contributed by atoms with Gasteiger partial charge in [-0.05, 0) is 25.7 Å². The number of nitrogens with zero attached hydrogens (tertiary/aromatic N) is 2. The number of nitrogens with one attached hydrogen (secondary N) is 1. The lowest BCUT2D eigenvalue weighted by molar-refractivity contribution is -0.121. The maximum absolute atomic E-state index is 11.9. The van der Waals surface area contributed by atoms with E-state index in [2.05, 4.69) is 5.32 Å². The van der Waals surface area contributed by atoms with Crippen LogP contribution in [0.5, 0.6) is 0 Å². The standard InChI is InChI=1S/C14H22ClN3O3S/c1-17(2)13(11-7-5-6-8-12(11)15)9-16-14(19)10-18(3)22(4,20)21/h5-8,13H,9-10H2,1-4H3,(H,16,19). The number of carbonyl (C=O) groups is 1. The van der Waals surface area contributed by atoms with Crippen LogP contribution in [0.15, 0.2) is 24.3 Å². The van der Waals surface area contributed by atoms with Crippen LogP contribution in [0.2, 0.25) is 5.02 Å². The maximum Gasteiger partial charge on any atom is 0.235 e. The topological polar surface area (TPSA) is 69.7 Å². The summed E-state index contributed by atoms with van der Waals surface area (Å²) in [6.45, 7) is 0.134. The molecule has 0 aliphatic carbocycles. The molecule has 124 valence electrons. The van der Waals surface area contributed by atoms with Crippen molar-refractivity contribution in [3.63, 3.8) is 0 Å². The minimum absolute atomic E-state index is 0.0961. The first-order chi connectivity index (χ1) is 10.1. The molecule has 0 saturated heterocycles. The molecule has 1 rings (SSSR count). The van der Waals surface area contributed by atoms with Crippen molar-refractivity contribution >= 4 is 27.5 Å². The SMILES string of the molecule is CN(C)C(CNC(=O)CN(C)S(C)(=O)=O)c1ccccc1Cl. The van der Waals surface area contributed by atoms with Crippen LogP contribution in [0.3, 0.4) is 0 Å². The molecule has 6 nitrogen and oxygen atoms in total. The van der Waals surface area contributed by atoms with Gasteiger partial charge in [-0.15, -0.1) is 0 Å². The molecule has 1 aromatic rings. The van der Waals surface area contributed by atoms with Crippen molar-refractivity contribution in [3.05, 3.63) is 34.9 Å². The van der Waals surface area contributed by atoms with Crippen LogP contribution in [-0.2, 0) is 14.8 Å². The number of hydrogen-bond acceptors (Lipinski definition) is 4. The minimum atomic E-state index is -3.37. The van der Waals surface area contributed by atoms with E-state index in [0.29, 0.717) is 11.6 Å². The lowest BCUT2D eigenvalue weighted by atomic mass is 10.1. The van der Waals surface area contributed by atoms with Crippen molar-refractivity contribution in [1.82, 2.24) is 14.5 Å². The number of likely N-dealkylation sites (N-methyl/N-ethyl adjacent to an activating group) is 2. The van der Waals surface area contributed by atoms with Gasteiger partial charge in [0.05, 0.1) is 18.8 Å². The first-order valence-electron chi connectivity index (χ1n) is 6.71. The second-order valence-corrected chi connectivity index (χ2v) is 7.82. The predicted molar refractivity (Wildman–Crippen MR) is 88.4 cm³/mol. The molecule has 1 atom stereocenters. The van der Waals surface area contributed by atoms with Crippen LogP contribution in [0.1, 0.15) is 11.6 Å². The van der Waals surface area contributed by atoms with E-state index in [4.69, 9.17) is 11.6 Å². The van der Waals surface area contributed by atoms with Gasteiger partial charge in [-0.2, -0.15) is 4.31 Å². The molecule has 8 heteroatoms. The monoisotopic (exact) mass is 347 g/mol. The Morgan fingerprint density at radius 3 is 2.36 bits per heavy atom. The Bertz CT molecular complexity index is 620. The Balaban J connectivity index is 2.71. The molecular weight excluding hydrogens is 326 g/mol. The highest BCUT2D eigenvalue weighted by Gasteiger charge is 2.19. The Morgan fingerprint density at radius 2 is 1.86 bits per heavy atom. The summed E-state index contributed by atoms with van der Waals surface area (Å²) >= 11 is 6.20. The molecule has 1 unspecified atom stereocenters. The zero-order valence-electron chi connectivity index (χ0n) is 13.2. The van der Waals surface area contributed by atoms with E-state index in [1.54, 1.807) is 6.07 Å². The highest BCUT2D eigenvalue weighted by molar-refractivity contribution is 7.88. The van der Waals surface area contributed by atoms with Crippen molar-refractivity contribution in [3.8, 4) is 0 Å². The number of hydrogen-bond donors (Lipinski definition) is 1. The van der Waals surface area contributed by atoms with Crippen molar-refractivity contribution in [2.24, 2.45) is 0 Å². The van der Waals surface area contributed by atoms with Crippen LogP contribution in [0.4, 0.5) is 0 Å². The Morgan fingerprint density at radius 1 is 1.27 bits per heavy atom. The van der Waals surface area contributed by atoms with Gasteiger partial charge < -0.3 is 10.2 Å². The van der Waals surface area contributed by atoms with Crippen LogP contribution >= 0.6 is 11.6 Å². The fourth-order valence-electron chi connectivity index (χ4n) is 1.90. The molecule has 0 fully saturated rings. The van der Waals surface area contributed by atoms with Crippen molar-refractivity contribution < 1.29 is 13.2 Å². The number of amides is 1. The third-order valence-corrected chi connectivity index (χ3v) is 4.92. The van der Waals surface area contributed by atoms with Gasteiger partial charge in [0.2, 0.25) is 15.9 Å². The van der Waals surface area contributed by atoms with E-state index in [9.17, 15) is 13.2 Å². The molecule has 0 aliphatic rings.